The number of nitrogens with zero attached hydrogens (tertiary/aromatic N) is 1. The minimum Gasteiger partial charge on any atom is -0.305 e. The van der Waals surface area contributed by atoms with Crippen LogP contribution in [-0.2, 0) is 0 Å². The molecule has 0 saturated carbocycles. The minimum absolute atomic E-state index is 0.221. The second-order valence-electron chi connectivity index (χ2n) is 4.14. The SMILES string of the molecule is CCNC(c1cccc(C)n1)c1ccc(C)s1. The Balaban J connectivity index is 2.35. The summed E-state index contributed by atoms with van der Waals surface area (Å²) in [6.07, 6.45) is 0. The molecule has 0 saturated heterocycles. The Hall–Kier alpha value is -1.19. The summed E-state index contributed by atoms with van der Waals surface area (Å²) < 4.78 is 0. The average Bonchev–Trinajstić information content (AvgIpc) is 2.72. The van der Waals surface area contributed by atoms with E-state index in [9.17, 15) is 0 Å². The summed E-state index contributed by atoms with van der Waals surface area (Å²) in [5, 5.41) is 3.50. The molecule has 0 aliphatic rings. The molecule has 2 nitrogen and oxygen atoms in total. The molecule has 1 N–H and O–H groups in total. The fourth-order valence-electron chi connectivity index (χ4n) is 1.89. The Labute approximate surface area is 107 Å². The number of nitrogens with one attached hydrogen (secondary N) is 1. The van der Waals surface area contributed by atoms with Gasteiger partial charge >= 0.3 is 0 Å². The average molecular weight is 246 g/mol. The van der Waals surface area contributed by atoms with E-state index in [1.165, 1.54) is 9.75 Å². The van der Waals surface area contributed by atoms with Crippen LogP contribution in [0.4, 0.5) is 0 Å². The zero-order valence-electron chi connectivity index (χ0n) is 10.5. The van der Waals surface area contributed by atoms with E-state index >= 15 is 0 Å². The standard InChI is InChI=1S/C14H18N2S/c1-4-15-14(13-9-8-11(3)17-13)12-7-5-6-10(2)16-12/h5-9,14-15H,4H2,1-3H3. The van der Waals surface area contributed by atoms with Crippen LogP contribution in [0.5, 0.6) is 0 Å². The van der Waals surface area contributed by atoms with Gasteiger partial charge in [0.05, 0.1) is 11.7 Å². The molecule has 0 radical (unpaired) electrons. The van der Waals surface area contributed by atoms with Crippen molar-refractivity contribution in [3.05, 3.63) is 51.5 Å². The molecule has 90 valence electrons. The molecule has 1 unspecified atom stereocenters. The highest BCUT2D eigenvalue weighted by Crippen LogP contribution is 2.27. The maximum Gasteiger partial charge on any atom is 0.0845 e. The predicted molar refractivity (Wildman–Crippen MR) is 73.5 cm³/mol. The van der Waals surface area contributed by atoms with Crippen molar-refractivity contribution < 1.29 is 0 Å². The van der Waals surface area contributed by atoms with Crippen molar-refractivity contribution in [1.29, 1.82) is 0 Å². The summed E-state index contributed by atoms with van der Waals surface area (Å²) in [6.45, 7) is 7.24. The van der Waals surface area contributed by atoms with E-state index in [0.29, 0.717) is 0 Å². The number of thiophene rings is 1. The van der Waals surface area contributed by atoms with E-state index in [1.54, 1.807) is 0 Å². The first-order chi connectivity index (χ1) is 8.20. The van der Waals surface area contributed by atoms with E-state index in [1.807, 2.05) is 24.3 Å². The first kappa shape index (κ1) is 12.3. The van der Waals surface area contributed by atoms with Gasteiger partial charge in [0.25, 0.3) is 0 Å². The van der Waals surface area contributed by atoms with Crippen molar-refractivity contribution in [3.8, 4) is 0 Å². The fourth-order valence-corrected chi connectivity index (χ4v) is 2.85. The van der Waals surface area contributed by atoms with Crippen LogP contribution >= 0.6 is 11.3 Å². The van der Waals surface area contributed by atoms with Gasteiger partial charge in [-0.15, -0.1) is 11.3 Å². The Bertz CT molecular complexity index is 490. The normalized spacial score (nSPS) is 12.6. The van der Waals surface area contributed by atoms with Crippen molar-refractivity contribution in [2.24, 2.45) is 0 Å². The van der Waals surface area contributed by atoms with Crippen LogP contribution in [-0.4, -0.2) is 11.5 Å². The lowest BCUT2D eigenvalue weighted by Gasteiger charge is -2.16. The maximum atomic E-state index is 4.62. The number of pyridine rings is 1. The lowest BCUT2D eigenvalue weighted by molar-refractivity contribution is 0.623. The molecule has 17 heavy (non-hydrogen) atoms. The summed E-state index contributed by atoms with van der Waals surface area (Å²) in [6, 6.07) is 10.8. The number of rotatable bonds is 4. The molecule has 0 bridgehead atoms. The Morgan fingerprint density at radius 2 is 2.06 bits per heavy atom. The van der Waals surface area contributed by atoms with Gasteiger partial charge < -0.3 is 5.32 Å². The van der Waals surface area contributed by atoms with E-state index in [2.05, 4.69) is 48.4 Å². The Morgan fingerprint density at radius 1 is 1.24 bits per heavy atom. The molecule has 2 aromatic heterocycles. The molecule has 0 aliphatic carbocycles. The van der Waals surface area contributed by atoms with Crippen molar-refractivity contribution in [1.82, 2.24) is 10.3 Å². The molecule has 1 atom stereocenters. The lowest BCUT2D eigenvalue weighted by Crippen LogP contribution is -2.22. The quantitative estimate of drug-likeness (QED) is 0.893. The van der Waals surface area contributed by atoms with Crippen LogP contribution < -0.4 is 5.32 Å². The van der Waals surface area contributed by atoms with Crippen LogP contribution in [0.2, 0.25) is 0 Å². The van der Waals surface area contributed by atoms with Crippen LogP contribution in [0.25, 0.3) is 0 Å². The summed E-state index contributed by atoms with van der Waals surface area (Å²) >= 11 is 1.83. The van der Waals surface area contributed by atoms with Gasteiger partial charge in [0.1, 0.15) is 0 Å². The molecule has 0 aromatic carbocycles. The van der Waals surface area contributed by atoms with Crippen molar-refractivity contribution in [2.75, 3.05) is 6.54 Å². The highest BCUT2D eigenvalue weighted by molar-refractivity contribution is 7.12. The first-order valence-corrected chi connectivity index (χ1v) is 6.75. The van der Waals surface area contributed by atoms with E-state index in [4.69, 9.17) is 0 Å². The minimum atomic E-state index is 0.221. The highest BCUT2D eigenvalue weighted by atomic mass is 32.1. The molecular formula is C14H18N2S. The van der Waals surface area contributed by atoms with Gasteiger partial charge in [-0.3, -0.25) is 4.98 Å². The van der Waals surface area contributed by atoms with Crippen LogP contribution in [0.15, 0.2) is 30.3 Å². The highest BCUT2D eigenvalue weighted by Gasteiger charge is 2.15. The lowest BCUT2D eigenvalue weighted by atomic mass is 10.1. The van der Waals surface area contributed by atoms with Gasteiger partial charge in [-0.2, -0.15) is 0 Å². The molecule has 0 spiro atoms. The zero-order chi connectivity index (χ0) is 12.3. The van der Waals surface area contributed by atoms with Gasteiger partial charge in [-0.1, -0.05) is 13.0 Å². The second kappa shape index (κ2) is 5.43. The smallest absolute Gasteiger partial charge is 0.0845 e. The molecule has 2 aromatic rings. The van der Waals surface area contributed by atoms with Crippen LogP contribution in [0.1, 0.15) is 34.1 Å². The van der Waals surface area contributed by atoms with E-state index < -0.39 is 0 Å². The summed E-state index contributed by atoms with van der Waals surface area (Å²) in [5.74, 6) is 0. The number of aryl methyl sites for hydroxylation is 2. The third kappa shape index (κ3) is 2.93. The van der Waals surface area contributed by atoms with E-state index in [-0.39, 0.29) is 6.04 Å². The van der Waals surface area contributed by atoms with Crippen molar-refractivity contribution in [2.45, 2.75) is 26.8 Å². The van der Waals surface area contributed by atoms with Gasteiger partial charge in [-0.05, 0) is 44.7 Å². The molecule has 0 fully saturated rings. The molecule has 2 rings (SSSR count). The van der Waals surface area contributed by atoms with Gasteiger partial charge in [-0.25, -0.2) is 0 Å². The summed E-state index contributed by atoms with van der Waals surface area (Å²) in [7, 11) is 0. The zero-order valence-corrected chi connectivity index (χ0v) is 11.3. The van der Waals surface area contributed by atoms with Gasteiger partial charge in [0, 0.05) is 15.4 Å². The Morgan fingerprint density at radius 3 is 2.65 bits per heavy atom. The Kier molecular flexibility index (Phi) is 3.92. The van der Waals surface area contributed by atoms with Gasteiger partial charge in [0.2, 0.25) is 0 Å². The van der Waals surface area contributed by atoms with Crippen molar-refractivity contribution >= 4 is 11.3 Å². The molecule has 0 amide bonds. The number of hydrogen-bond acceptors (Lipinski definition) is 3. The third-order valence-electron chi connectivity index (χ3n) is 2.66. The predicted octanol–water partition coefficient (Wildman–Crippen LogP) is 3.46. The number of aromatic nitrogens is 1. The van der Waals surface area contributed by atoms with Gasteiger partial charge in [0.15, 0.2) is 0 Å². The summed E-state index contributed by atoms with van der Waals surface area (Å²) in [4.78, 5) is 7.30. The van der Waals surface area contributed by atoms with Crippen LogP contribution in [0, 0.1) is 13.8 Å². The molecule has 3 heteroatoms. The molecule has 0 aliphatic heterocycles. The van der Waals surface area contributed by atoms with Crippen LogP contribution in [0.3, 0.4) is 0 Å². The largest absolute Gasteiger partial charge is 0.305 e. The number of hydrogen-bond donors (Lipinski definition) is 1. The van der Waals surface area contributed by atoms with E-state index in [0.717, 1.165) is 17.9 Å². The maximum absolute atomic E-state index is 4.62. The third-order valence-corrected chi connectivity index (χ3v) is 3.73. The summed E-state index contributed by atoms with van der Waals surface area (Å²) in [5.41, 5.74) is 2.17. The first-order valence-electron chi connectivity index (χ1n) is 5.94. The fraction of sp³-hybridized carbons (Fsp3) is 0.357. The topological polar surface area (TPSA) is 24.9 Å². The second-order valence-corrected chi connectivity index (χ2v) is 5.46. The monoisotopic (exact) mass is 246 g/mol. The van der Waals surface area contributed by atoms with Crippen molar-refractivity contribution in [3.63, 3.8) is 0 Å². The molecule has 2 heterocycles. The molecular weight excluding hydrogens is 228 g/mol.